The Kier molecular flexibility index (Phi) is 4.79. The van der Waals surface area contributed by atoms with Crippen molar-refractivity contribution in [1.82, 2.24) is 20.1 Å². The molecule has 1 saturated carbocycles. The van der Waals surface area contributed by atoms with Crippen molar-refractivity contribution in [3.63, 3.8) is 0 Å². The largest absolute Gasteiger partial charge is 0.467 e. The summed E-state index contributed by atoms with van der Waals surface area (Å²) < 4.78 is 7.54. The molecule has 1 fully saturated rings. The van der Waals surface area contributed by atoms with Crippen molar-refractivity contribution in [1.29, 1.82) is 0 Å². The lowest BCUT2D eigenvalue weighted by molar-refractivity contribution is -0.123. The number of carbonyl (C=O) groups is 1. The van der Waals surface area contributed by atoms with Gasteiger partial charge in [0.15, 0.2) is 12.3 Å². The van der Waals surface area contributed by atoms with Crippen LogP contribution in [0.15, 0.2) is 30.3 Å². The van der Waals surface area contributed by atoms with E-state index in [-0.39, 0.29) is 18.6 Å². The fourth-order valence-electron chi connectivity index (χ4n) is 3.45. The topological polar surface area (TPSA) is 69.0 Å². The van der Waals surface area contributed by atoms with Crippen molar-refractivity contribution in [2.45, 2.75) is 45.6 Å². The number of nitrogens with one attached hydrogen (secondary N) is 1. The summed E-state index contributed by atoms with van der Waals surface area (Å²) in [6, 6.07) is 10.1. The van der Waals surface area contributed by atoms with Gasteiger partial charge in [0.05, 0.1) is 11.7 Å². The Morgan fingerprint density at radius 3 is 2.68 bits per heavy atom. The molecule has 1 N–H and O–H groups in total. The molecule has 0 saturated heterocycles. The highest BCUT2D eigenvalue weighted by atomic mass is 16.5. The molecule has 1 aromatic carbocycles. The van der Waals surface area contributed by atoms with Crippen LogP contribution in [0.25, 0.3) is 11.0 Å². The van der Waals surface area contributed by atoms with Crippen molar-refractivity contribution in [2.24, 2.45) is 7.05 Å². The summed E-state index contributed by atoms with van der Waals surface area (Å²) in [5, 5.41) is 8.69. The minimum absolute atomic E-state index is 0.0666. The molecule has 1 atom stereocenters. The average molecular weight is 378 g/mol. The summed E-state index contributed by atoms with van der Waals surface area (Å²) in [4.78, 5) is 17.0. The lowest BCUT2D eigenvalue weighted by Gasteiger charge is -2.15. The Hall–Kier alpha value is -2.89. The number of aromatic nitrogens is 3. The van der Waals surface area contributed by atoms with Gasteiger partial charge in [-0.2, -0.15) is 10.1 Å². The predicted molar refractivity (Wildman–Crippen MR) is 108 cm³/mol. The van der Waals surface area contributed by atoms with Gasteiger partial charge in [-0.1, -0.05) is 29.8 Å². The molecule has 2 heterocycles. The van der Waals surface area contributed by atoms with E-state index in [1.807, 2.05) is 52.1 Å². The van der Waals surface area contributed by atoms with Gasteiger partial charge in [0, 0.05) is 23.9 Å². The number of fused-ring (bicyclic) bond motifs is 1. The van der Waals surface area contributed by atoms with E-state index in [2.05, 4.69) is 21.5 Å². The second kappa shape index (κ2) is 7.26. The molecule has 3 aromatic rings. The van der Waals surface area contributed by atoms with Crippen LogP contribution in [-0.4, -0.2) is 27.3 Å². The lowest BCUT2D eigenvalue weighted by Crippen LogP contribution is -2.31. The Bertz CT molecular complexity index is 1020. The van der Waals surface area contributed by atoms with E-state index < -0.39 is 0 Å². The quantitative estimate of drug-likeness (QED) is 0.710. The molecule has 1 aliphatic carbocycles. The monoisotopic (exact) mass is 378 g/mol. The maximum atomic E-state index is 12.3. The van der Waals surface area contributed by atoms with Crippen LogP contribution in [0.1, 0.15) is 54.1 Å². The molecule has 1 aliphatic rings. The predicted octanol–water partition coefficient (Wildman–Crippen LogP) is 3.72. The molecule has 4 rings (SSSR count). The second-order valence-electron chi connectivity index (χ2n) is 7.75. The summed E-state index contributed by atoms with van der Waals surface area (Å²) in [6.45, 7) is 5.90. The number of pyridine rings is 1. The Morgan fingerprint density at radius 1 is 1.29 bits per heavy atom. The molecule has 6 heteroatoms. The van der Waals surface area contributed by atoms with E-state index >= 15 is 0 Å². The fraction of sp³-hybridized carbons (Fsp3) is 0.409. The smallest absolute Gasteiger partial charge is 0.258 e. The molecular weight excluding hydrogens is 352 g/mol. The third-order valence-corrected chi connectivity index (χ3v) is 5.25. The SMILES string of the molecule is Cc1ccc([C@H](C)NC(=O)COc2nc3c(cc2C)c(C2CC2)nn3C)cc1. The summed E-state index contributed by atoms with van der Waals surface area (Å²) in [5.74, 6) is 0.875. The molecule has 0 aliphatic heterocycles. The van der Waals surface area contributed by atoms with Gasteiger partial charge in [-0.3, -0.25) is 9.48 Å². The van der Waals surface area contributed by atoms with Crippen LogP contribution in [0.5, 0.6) is 5.88 Å². The van der Waals surface area contributed by atoms with Crippen LogP contribution in [0.4, 0.5) is 0 Å². The zero-order valence-electron chi connectivity index (χ0n) is 16.8. The Morgan fingerprint density at radius 2 is 2.00 bits per heavy atom. The highest BCUT2D eigenvalue weighted by molar-refractivity contribution is 5.81. The molecule has 28 heavy (non-hydrogen) atoms. The van der Waals surface area contributed by atoms with Gasteiger partial charge in [-0.15, -0.1) is 0 Å². The van der Waals surface area contributed by atoms with Gasteiger partial charge in [0.25, 0.3) is 5.91 Å². The zero-order chi connectivity index (χ0) is 19.8. The standard InChI is InChI=1S/C22H26N4O2/c1-13-5-7-16(8-6-13)15(3)23-19(27)12-28-22-14(2)11-18-20(17-9-10-17)25-26(4)21(18)24-22/h5-8,11,15,17H,9-10,12H2,1-4H3,(H,23,27)/t15-/m0/s1. The molecule has 0 radical (unpaired) electrons. The first-order valence-electron chi connectivity index (χ1n) is 9.75. The van der Waals surface area contributed by atoms with Gasteiger partial charge in [-0.05, 0) is 45.2 Å². The number of nitrogens with zero attached hydrogens (tertiary/aromatic N) is 3. The molecular formula is C22H26N4O2. The number of amides is 1. The number of benzene rings is 1. The number of rotatable bonds is 6. The summed E-state index contributed by atoms with van der Waals surface area (Å²) in [5.41, 5.74) is 5.11. The molecule has 2 aromatic heterocycles. The maximum absolute atomic E-state index is 12.3. The van der Waals surface area contributed by atoms with Crippen LogP contribution in [0.3, 0.4) is 0 Å². The number of hydrogen-bond acceptors (Lipinski definition) is 4. The molecule has 6 nitrogen and oxygen atoms in total. The van der Waals surface area contributed by atoms with Crippen molar-refractivity contribution in [3.05, 3.63) is 52.7 Å². The third-order valence-electron chi connectivity index (χ3n) is 5.25. The Labute approximate surface area is 164 Å². The highest BCUT2D eigenvalue weighted by Crippen LogP contribution is 2.42. The summed E-state index contributed by atoms with van der Waals surface area (Å²) in [6.07, 6.45) is 2.39. The first kappa shape index (κ1) is 18.5. The molecule has 146 valence electrons. The first-order valence-corrected chi connectivity index (χ1v) is 9.75. The van der Waals surface area contributed by atoms with Gasteiger partial charge in [-0.25, -0.2) is 0 Å². The number of aryl methyl sites for hydroxylation is 3. The minimum atomic E-state index is -0.168. The van der Waals surface area contributed by atoms with Crippen LogP contribution < -0.4 is 10.1 Å². The Balaban J connectivity index is 1.43. The highest BCUT2D eigenvalue weighted by Gasteiger charge is 2.29. The van der Waals surface area contributed by atoms with Gasteiger partial charge >= 0.3 is 0 Å². The van der Waals surface area contributed by atoms with E-state index in [4.69, 9.17) is 4.74 Å². The van der Waals surface area contributed by atoms with Crippen molar-refractivity contribution < 1.29 is 9.53 Å². The van der Waals surface area contributed by atoms with Crippen molar-refractivity contribution in [2.75, 3.05) is 6.61 Å². The van der Waals surface area contributed by atoms with Crippen LogP contribution >= 0.6 is 0 Å². The van der Waals surface area contributed by atoms with Crippen LogP contribution in [-0.2, 0) is 11.8 Å². The van der Waals surface area contributed by atoms with Gasteiger partial charge in [0.1, 0.15) is 0 Å². The summed E-state index contributed by atoms with van der Waals surface area (Å²) in [7, 11) is 1.90. The van der Waals surface area contributed by atoms with E-state index in [0.717, 1.165) is 27.9 Å². The second-order valence-corrected chi connectivity index (χ2v) is 7.75. The number of ether oxygens (including phenoxy) is 1. The fourth-order valence-corrected chi connectivity index (χ4v) is 3.45. The first-order chi connectivity index (χ1) is 13.4. The van der Waals surface area contributed by atoms with Crippen molar-refractivity contribution in [3.8, 4) is 5.88 Å². The molecule has 0 unspecified atom stereocenters. The number of carbonyl (C=O) groups excluding carboxylic acids is 1. The zero-order valence-corrected chi connectivity index (χ0v) is 16.8. The molecule has 0 bridgehead atoms. The normalized spacial score (nSPS) is 14.9. The maximum Gasteiger partial charge on any atom is 0.258 e. The third kappa shape index (κ3) is 3.72. The van der Waals surface area contributed by atoms with E-state index in [0.29, 0.717) is 11.8 Å². The van der Waals surface area contributed by atoms with E-state index in [1.54, 1.807) is 4.68 Å². The molecule has 1 amide bonds. The van der Waals surface area contributed by atoms with Crippen molar-refractivity contribution >= 4 is 16.9 Å². The summed E-state index contributed by atoms with van der Waals surface area (Å²) >= 11 is 0. The lowest BCUT2D eigenvalue weighted by atomic mass is 10.1. The van der Waals surface area contributed by atoms with Gasteiger partial charge < -0.3 is 10.1 Å². The van der Waals surface area contributed by atoms with E-state index in [9.17, 15) is 4.79 Å². The van der Waals surface area contributed by atoms with Crippen LogP contribution in [0, 0.1) is 13.8 Å². The van der Waals surface area contributed by atoms with E-state index in [1.165, 1.54) is 18.4 Å². The van der Waals surface area contributed by atoms with Gasteiger partial charge in [0.2, 0.25) is 5.88 Å². The molecule has 0 spiro atoms. The number of hydrogen-bond donors (Lipinski definition) is 1. The minimum Gasteiger partial charge on any atom is -0.467 e. The average Bonchev–Trinajstić information content (AvgIpc) is 3.45. The van der Waals surface area contributed by atoms with Crippen LogP contribution in [0.2, 0.25) is 0 Å².